The monoisotopic (exact) mass is 395 g/mol. The zero-order valence-electron chi connectivity index (χ0n) is 17.3. The van der Waals surface area contributed by atoms with Gasteiger partial charge in [0.25, 0.3) is 5.91 Å². The van der Waals surface area contributed by atoms with Crippen LogP contribution < -0.4 is 15.5 Å². The maximum absolute atomic E-state index is 12.1. The first-order valence-electron chi connectivity index (χ1n) is 9.96. The Morgan fingerprint density at radius 3 is 2.55 bits per heavy atom. The van der Waals surface area contributed by atoms with Gasteiger partial charge in [0.1, 0.15) is 5.82 Å². The summed E-state index contributed by atoms with van der Waals surface area (Å²) < 4.78 is 5.14. The van der Waals surface area contributed by atoms with E-state index in [0.29, 0.717) is 5.95 Å². The average Bonchev–Trinajstić information content (AvgIpc) is 2.72. The average molecular weight is 396 g/mol. The van der Waals surface area contributed by atoms with Crippen LogP contribution in [-0.2, 0) is 9.53 Å². The number of aromatic nitrogens is 2. The van der Waals surface area contributed by atoms with Crippen molar-refractivity contribution in [2.75, 3.05) is 24.3 Å². The molecular weight excluding hydrogens is 366 g/mol. The van der Waals surface area contributed by atoms with Crippen molar-refractivity contribution in [3.8, 4) is 0 Å². The molecule has 0 aliphatic heterocycles. The standard InChI is InChI=1S/C22H29N5O2/c1-5-14-29-15(2)21(28)23-16-10-12-17(13-11-16)24-22-25-19-9-7-6-8-18(19)20(26-22)27(3)4/h5-9,14,16-17H,2,10-13H2,1,3-4H3,(H,23,28)(H,24,25,26)/b14-5-. The van der Waals surface area contributed by atoms with Crippen LogP contribution in [0.25, 0.3) is 10.9 Å². The molecule has 1 aliphatic rings. The fourth-order valence-electron chi connectivity index (χ4n) is 3.50. The number of hydrogen-bond acceptors (Lipinski definition) is 6. The zero-order chi connectivity index (χ0) is 20.8. The summed E-state index contributed by atoms with van der Waals surface area (Å²) in [5.41, 5.74) is 0.925. The Morgan fingerprint density at radius 2 is 1.86 bits per heavy atom. The summed E-state index contributed by atoms with van der Waals surface area (Å²) in [4.78, 5) is 23.5. The van der Waals surface area contributed by atoms with Gasteiger partial charge in [-0.15, -0.1) is 0 Å². The molecule has 1 fully saturated rings. The number of nitrogens with one attached hydrogen (secondary N) is 2. The molecule has 1 aliphatic carbocycles. The van der Waals surface area contributed by atoms with Crippen molar-refractivity contribution < 1.29 is 9.53 Å². The third-order valence-electron chi connectivity index (χ3n) is 5.00. The molecular formula is C22H29N5O2. The van der Waals surface area contributed by atoms with Crippen molar-refractivity contribution in [3.05, 3.63) is 48.9 Å². The van der Waals surface area contributed by atoms with E-state index in [0.717, 1.165) is 42.4 Å². The summed E-state index contributed by atoms with van der Waals surface area (Å²) in [7, 11) is 3.97. The van der Waals surface area contributed by atoms with Crippen LogP contribution in [0.5, 0.6) is 0 Å². The third-order valence-corrected chi connectivity index (χ3v) is 5.00. The Morgan fingerprint density at radius 1 is 1.17 bits per heavy atom. The van der Waals surface area contributed by atoms with Gasteiger partial charge in [0.15, 0.2) is 5.76 Å². The lowest BCUT2D eigenvalue weighted by Crippen LogP contribution is -2.40. The highest BCUT2D eigenvalue weighted by atomic mass is 16.5. The molecule has 0 atom stereocenters. The van der Waals surface area contributed by atoms with Crippen molar-refractivity contribution >= 4 is 28.6 Å². The molecule has 29 heavy (non-hydrogen) atoms. The summed E-state index contributed by atoms with van der Waals surface area (Å²) in [6.45, 7) is 5.48. The predicted octanol–water partition coefficient (Wildman–Crippen LogP) is 3.60. The van der Waals surface area contributed by atoms with E-state index in [1.807, 2.05) is 50.2 Å². The molecule has 0 bridgehead atoms. The number of benzene rings is 1. The number of anilines is 2. The molecule has 154 valence electrons. The second kappa shape index (κ2) is 9.41. The molecule has 1 saturated carbocycles. The van der Waals surface area contributed by atoms with E-state index in [1.165, 1.54) is 6.26 Å². The van der Waals surface area contributed by atoms with E-state index in [4.69, 9.17) is 9.72 Å². The van der Waals surface area contributed by atoms with Crippen molar-refractivity contribution in [1.29, 1.82) is 0 Å². The molecule has 0 spiro atoms. The van der Waals surface area contributed by atoms with Crippen LogP contribution in [0.4, 0.5) is 11.8 Å². The topological polar surface area (TPSA) is 79.4 Å². The number of carbonyl (C=O) groups is 1. The Labute approximate surface area is 171 Å². The SMILES string of the molecule is C=C(O/C=C\C)C(=O)NC1CCC(Nc2nc(N(C)C)c3ccccc3n2)CC1. The molecule has 3 rings (SSSR count). The minimum absolute atomic E-state index is 0.115. The fourth-order valence-corrected chi connectivity index (χ4v) is 3.50. The number of amides is 1. The highest BCUT2D eigenvalue weighted by Crippen LogP contribution is 2.26. The van der Waals surface area contributed by atoms with Crippen molar-refractivity contribution in [1.82, 2.24) is 15.3 Å². The van der Waals surface area contributed by atoms with E-state index in [1.54, 1.807) is 6.08 Å². The van der Waals surface area contributed by atoms with E-state index in [9.17, 15) is 4.79 Å². The molecule has 0 saturated heterocycles. The van der Waals surface area contributed by atoms with Gasteiger partial charge in [0.05, 0.1) is 11.8 Å². The quantitative estimate of drug-likeness (QED) is 0.551. The molecule has 2 aromatic rings. The Balaban J connectivity index is 1.58. The van der Waals surface area contributed by atoms with Crippen LogP contribution in [0.2, 0.25) is 0 Å². The van der Waals surface area contributed by atoms with Crippen LogP contribution in [0.1, 0.15) is 32.6 Å². The lowest BCUT2D eigenvalue weighted by atomic mass is 9.91. The predicted molar refractivity (Wildman–Crippen MR) is 117 cm³/mol. The number of carbonyl (C=O) groups excluding carboxylic acids is 1. The second-order valence-corrected chi connectivity index (χ2v) is 7.46. The number of rotatable bonds is 7. The molecule has 0 unspecified atom stereocenters. The minimum Gasteiger partial charge on any atom is -0.460 e. The van der Waals surface area contributed by atoms with Gasteiger partial charge >= 0.3 is 0 Å². The zero-order valence-corrected chi connectivity index (χ0v) is 17.3. The Kier molecular flexibility index (Phi) is 6.69. The summed E-state index contributed by atoms with van der Waals surface area (Å²) in [6.07, 6.45) is 6.80. The molecule has 1 amide bonds. The molecule has 0 radical (unpaired) electrons. The van der Waals surface area contributed by atoms with Gasteiger partial charge in [-0.25, -0.2) is 4.98 Å². The second-order valence-electron chi connectivity index (χ2n) is 7.46. The minimum atomic E-state index is -0.256. The molecule has 1 heterocycles. The molecule has 1 aromatic heterocycles. The van der Waals surface area contributed by atoms with Crippen molar-refractivity contribution in [2.24, 2.45) is 0 Å². The number of ether oxygens (including phenoxy) is 1. The highest BCUT2D eigenvalue weighted by molar-refractivity contribution is 5.91. The smallest absolute Gasteiger partial charge is 0.286 e. The van der Waals surface area contributed by atoms with Crippen LogP contribution in [-0.4, -0.2) is 42.1 Å². The first-order valence-corrected chi connectivity index (χ1v) is 9.96. The van der Waals surface area contributed by atoms with Gasteiger partial charge in [-0.3, -0.25) is 4.79 Å². The Bertz CT molecular complexity index is 901. The summed E-state index contributed by atoms with van der Waals surface area (Å²) >= 11 is 0. The van der Waals surface area contributed by atoms with E-state index in [-0.39, 0.29) is 23.8 Å². The summed E-state index contributed by atoms with van der Waals surface area (Å²) in [6, 6.07) is 8.43. The maximum atomic E-state index is 12.1. The number of hydrogen-bond donors (Lipinski definition) is 2. The van der Waals surface area contributed by atoms with Crippen molar-refractivity contribution in [2.45, 2.75) is 44.7 Å². The van der Waals surface area contributed by atoms with E-state index in [2.05, 4.69) is 22.2 Å². The van der Waals surface area contributed by atoms with Gasteiger partial charge in [-0.05, 0) is 44.7 Å². The van der Waals surface area contributed by atoms with Crippen LogP contribution in [0.3, 0.4) is 0 Å². The van der Waals surface area contributed by atoms with Crippen LogP contribution in [0.15, 0.2) is 48.9 Å². The number of allylic oxidation sites excluding steroid dienone is 1. The van der Waals surface area contributed by atoms with Crippen LogP contribution in [0, 0.1) is 0 Å². The maximum Gasteiger partial charge on any atom is 0.286 e. The largest absolute Gasteiger partial charge is 0.460 e. The molecule has 7 nitrogen and oxygen atoms in total. The normalized spacial score (nSPS) is 19.1. The Hall–Kier alpha value is -3.09. The molecule has 7 heteroatoms. The number of fused-ring (bicyclic) bond motifs is 1. The highest BCUT2D eigenvalue weighted by Gasteiger charge is 2.24. The van der Waals surface area contributed by atoms with Gasteiger partial charge in [0, 0.05) is 31.6 Å². The van der Waals surface area contributed by atoms with E-state index < -0.39 is 0 Å². The fraction of sp³-hybridized carbons (Fsp3) is 0.409. The van der Waals surface area contributed by atoms with Gasteiger partial charge < -0.3 is 20.3 Å². The van der Waals surface area contributed by atoms with E-state index >= 15 is 0 Å². The molecule has 2 N–H and O–H groups in total. The lowest BCUT2D eigenvalue weighted by Gasteiger charge is -2.30. The van der Waals surface area contributed by atoms with Gasteiger partial charge in [0.2, 0.25) is 5.95 Å². The summed E-state index contributed by atoms with van der Waals surface area (Å²) in [5, 5.41) is 7.51. The third kappa shape index (κ3) is 5.25. The number of para-hydroxylation sites is 1. The number of nitrogens with zero attached hydrogens (tertiary/aromatic N) is 3. The first-order chi connectivity index (χ1) is 14.0. The first kappa shape index (κ1) is 20.6. The van der Waals surface area contributed by atoms with Gasteiger partial charge in [-0.1, -0.05) is 24.8 Å². The van der Waals surface area contributed by atoms with Crippen LogP contribution >= 0.6 is 0 Å². The summed E-state index contributed by atoms with van der Waals surface area (Å²) in [5.74, 6) is 1.41. The lowest BCUT2D eigenvalue weighted by molar-refractivity contribution is -0.120. The van der Waals surface area contributed by atoms with Gasteiger partial charge in [-0.2, -0.15) is 4.98 Å². The van der Waals surface area contributed by atoms with Crippen molar-refractivity contribution in [3.63, 3.8) is 0 Å². The molecule has 1 aromatic carbocycles.